The van der Waals surface area contributed by atoms with Crippen molar-refractivity contribution in [2.45, 2.75) is 20.3 Å². The number of aromatic nitrogens is 1. The topological polar surface area (TPSA) is 68.0 Å². The summed E-state index contributed by atoms with van der Waals surface area (Å²) in [6.45, 7) is 3.87. The lowest BCUT2D eigenvalue weighted by Crippen LogP contribution is -2.28. The van der Waals surface area contributed by atoms with Crippen molar-refractivity contribution >= 4 is 5.91 Å². The minimum absolute atomic E-state index is 0.228. The molecule has 0 saturated heterocycles. The fourth-order valence-electron chi connectivity index (χ4n) is 0.989. The standard InChI is InChI=1S/C11H15N3O/c1-3-8(2)10(12)14-11(15)9-5-4-6-13-7-9/h4-7H,3,12H2,1-2H3,(H,14,15). The van der Waals surface area contributed by atoms with Crippen LogP contribution in [0.2, 0.25) is 0 Å². The second-order valence-electron chi connectivity index (χ2n) is 3.24. The van der Waals surface area contributed by atoms with Crippen LogP contribution < -0.4 is 11.1 Å². The molecule has 3 N–H and O–H groups in total. The molecule has 0 unspecified atom stereocenters. The minimum Gasteiger partial charge on any atom is -0.385 e. The van der Waals surface area contributed by atoms with Gasteiger partial charge in [0.2, 0.25) is 0 Å². The first-order chi connectivity index (χ1) is 7.15. The first-order valence-electron chi connectivity index (χ1n) is 4.81. The average molecular weight is 205 g/mol. The number of carbonyl (C=O) groups is 1. The van der Waals surface area contributed by atoms with Crippen molar-refractivity contribution < 1.29 is 4.79 Å². The van der Waals surface area contributed by atoms with Gasteiger partial charge < -0.3 is 11.1 Å². The van der Waals surface area contributed by atoms with E-state index in [1.807, 2.05) is 13.8 Å². The maximum atomic E-state index is 11.6. The van der Waals surface area contributed by atoms with E-state index in [4.69, 9.17) is 5.73 Å². The highest BCUT2D eigenvalue weighted by atomic mass is 16.1. The molecule has 0 spiro atoms. The number of pyridine rings is 1. The van der Waals surface area contributed by atoms with E-state index in [2.05, 4.69) is 10.3 Å². The second kappa shape index (κ2) is 5.14. The van der Waals surface area contributed by atoms with Gasteiger partial charge in [-0.05, 0) is 31.1 Å². The molecule has 0 bridgehead atoms. The van der Waals surface area contributed by atoms with Gasteiger partial charge in [-0.25, -0.2) is 0 Å². The molecule has 0 aliphatic carbocycles. The molecule has 1 rings (SSSR count). The molecule has 1 aromatic rings. The molecule has 80 valence electrons. The van der Waals surface area contributed by atoms with Gasteiger partial charge in [-0.3, -0.25) is 9.78 Å². The van der Waals surface area contributed by atoms with E-state index < -0.39 is 0 Å². The van der Waals surface area contributed by atoms with Gasteiger partial charge in [0.1, 0.15) is 5.82 Å². The summed E-state index contributed by atoms with van der Waals surface area (Å²) >= 11 is 0. The van der Waals surface area contributed by atoms with Crippen LogP contribution in [-0.2, 0) is 0 Å². The monoisotopic (exact) mass is 205 g/mol. The van der Waals surface area contributed by atoms with E-state index in [1.54, 1.807) is 18.3 Å². The van der Waals surface area contributed by atoms with Gasteiger partial charge in [-0.1, -0.05) is 6.92 Å². The van der Waals surface area contributed by atoms with Gasteiger partial charge in [-0.2, -0.15) is 0 Å². The molecule has 0 aliphatic heterocycles. The van der Waals surface area contributed by atoms with Gasteiger partial charge in [0.25, 0.3) is 5.91 Å². The van der Waals surface area contributed by atoms with Crippen LogP contribution in [0.25, 0.3) is 0 Å². The third-order valence-electron chi connectivity index (χ3n) is 2.16. The second-order valence-corrected chi connectivity index (χ2v) is 3.24. The van der Waals surface area contributed by atoms with Crippen molar-refractivity contribution in [3.8, 4) is 0 Å². The summed E-state index contributed by atoms with van der Waals surface area (Å²) in [5.41, 5.74) is 7.16. The Morgan fingerprint density at radius 2 is 2.33 bits per heavy atom. The van der Waals surface area contributed by atoms with Gasteiger partial charge in [0, 0.05) is 12.4 Å². The molecular formula is C11H15N3O. The number of rotatable bonds is 3. The Balaban J connectivity index is 2.73. The molecule has 0 aliphatic rings. The number of hydrogen-bond donors (Lipinski definition) is 2. The molecule has 0 aromatic carbocycles. The molecule has 0 radical (unpaired) electrons. The molecule has 0 fully saturated rings. The van der Waals surface area contributed by atoms with E-state index in [0.717, 1.165) is 12.0 Å². The molecule has 0 saturated carbocycles. The summed E-state index contributed by atoms with van der Waals surface area (Å²) in [5, 5.41) is 2.63. The first-order valence-corrected chi connectivity index (χ1v) is 4.81. The summed E-state index contributed by atoms with van der Waals surface area (Å²) in [7, 11) is 0. The summed E-state index contributed by atoms with van der Waals surface area (Å²) in [5.74, 6) is 0.194. The zero-order valence-electron chi connectivity index (χ0n) is 8.95. The van der Waals surface area contributed by atoms with Crippen LogP contribution in [0, 0.1) is 0 Å². The Morgan fingerprint density at radius 1 is 1.60 bits per heavy atom. The summed E-state index contributed by atoms with van der Waals surface area (Å²) in [6, 6.07) is 3.40. The van der Waals surface area contributed by atoms with Gasteiger partial charge >= 0.3 is 0 Å². The Kier molecular flexibility index (Phi) is 3.85. The van der Waals surface area contributed by atoms with E-state index >= 15 is 0 Å². The number of nitrogens with zero attached hydrogens (tertiary/aromatic N) is 1. The third-order valence-corrected chi connectivity index (χ3v) is 2.16. The van der Waals surface area contributed by atoms with Crippen molar-refractivity contribution in [3.63, 3.8) is 0 Å². The van der Waals surface area contributed by atoms with Crippen molar-refractivity contribution in [3.05, 3.63) is 41.5 Å². The van der Waals surface area contributed by atoms with Crippen LogP contribution in [-0.4, -0.2) is 10.9 Å². The molecule has 4 heteroatoms. The quantitative estimate of drug-likeness (QED) is 0.784. The largest absolute Gasteiger partial charge is 0.385 e. The number of nitrogens with two attached hydrogens (primary N) is 1. The highest BCUT2D eigenvalue weighted by Gasteiger charge is 2.06. The van der Waals surface area contributed by atoms with Crippen LogP contribution in [0.3, 0.4) is 0 Å². The SMILES string of the molecule is CCC(C)=C(N)NC(=O)c1cccnc1. The molecular weight excluding hydrogens is 190 g/mol. The van der Waals surface area contributed by atoms with Crippen molar-refractivity contribution in [1.82, 2.24) is 10.3 Å². The fraction of sp³-hybridized carbons (Fsp3) is 0.273. The van der Waals surface area contributed by atoms with Crippen molar-refractivity contribution in [2.75, 3.05) is 0 Å². The Bertz CT molecular complexity index is 371. The van der Waals surface area contributed by atoms with Crippen LogP contribution >= 0.6 is 0 Å². The molecule has 1 amide bonds. The normalized spacial score (nSPS) is 11.9. The van der Waals surface area contributed by atoms with Crippen LogP contribution in [0.1, 0.15) is 30.6 Å². The molecule has 0 atom stereocenters. The average Bonchev–Trinajstić information content (AvgIpc) is 2.29. The van der Waals surface area contributed by atoms with Crippen molar-refractivity contribution in [2.24, 2.45) is 5.73 Å². The van der Waals surface area contributed by atoms with Crippen LogP contribution in [0.4, 0.5) is 0 Å². The minimum atomic E-state index is -0.228. The number of allylic oxidation sites excluding steroid dienone is 1. The van der Waals surface area contributed by atoms with Gasteiger partial charge in [-0.15, -0.1) is 0 Å². The van der Waals surface area contributed by atoms with Crippen molar-refractivity contribution in [1.29, 1.82) is 0 Å². The lowest BCUT2D eigenvalue weighted by atomic mass is 10.2. The third kappa shape index (κ3) is 3.09. The smallest absolute Gasteiger partial charge is 0.258 e. The van der Waals surface area contributed by atoms with Crippen LogP contribution in [0.5, 0.6) is 0 Å². The first kappa shape index (κ1) is 11.2. The molecule has 1 heterocycles. The Hall–Kier alpha value is -1.84. The van der Waals surface area contributed by atoms with E-state index in [0.29, 0.717) is 11.4 Å². The van der Waals surface area contributed by atoms with E-state index in [9.17, 15) is 4.79 Å². The summed E-state index contributed by atoms with van der Waals surface area (Å²) < 4.78 is 0. The van der Waals surface area contributed by atoms with E-state index in [1.165, 1.54) is 6.20 Å². The number of amides is 1. The summed E-state index contributed by atoms with van der Waals surface area (Å²) in [6.07, 6.45) is 3.94. The maximum absolute atomic E-state index is 11.6. The number of hydrogen-bond acceptors (Lipinski definition) is 3. The zero-order valence-corrected chi connectivity index (χ0v) is 8.95. The molecule has 1 aromatic heterocycles. The lowest BCUT2D eigenvalue weighted by Gasteiger charge is -2.07. The lowest BCUT2D eigenvalue weighted by molar-refractivity contribution is 0.0964. The highest BCUT2D eigenvalue weighted by molar-refractivity contribution is 5.94. The van der Waals surface area contributed by atoms with Crippen LogP contribution in [0.15, 0.2) is 35.9 Å². The van der Waals surface area contributed by atoms with E-state index in [-0.39, 0.29) is 5.91 Å². The fourth-order valence-corrected chi connectivity index (χ4v) is 0.989. The Labute approximate surface area is 89.2 Å². The zero-order chi connectivity index (χ0) is 11.3. The number of carbonyl (C=O) groups excluding carboxylic acids is 1. The predicted molar refractivity (Wildman–Crippen MR) is 58.9 cm³/mol. The highest BCUT2D eigenvalue weighted by Crippen LogP contribution is 2.02. The predicted octanol–water partition coefficient (Wildman–Crippen LogP) is 1.41. The number of nitrogens with one attached hydrogen (secondary N) is 1. The summed E-state index contributed by atoms with van der Waals surface area (Å²) in [4.78, 5) is 15.5. The van der Waals surface area contributed by atoms with Gasteiger partial charge in [0.05, 0.1) is 5.56 Å². The Morgan fingerprint density at radius 3 is 2.87 bits per heavy atom. The molecule has 15 heavy (non-hydrogen) atoms. The van der Waals surface area contributed by atoms with Gasteiger partial charge in [0.15, 0.2) is 0 Å². The molecule has 4 nitrogen and oxygen atoms in total. The maximum Gasteiger partial charge on any atom is 0.258 e.